The molecular formula is C57H90GeO3. The molecule has 0 radical (unpaired) electrons. The van der Waals surface area contributed by atoms with Gasteiger partial charge in [0.15, 0.2) is 0 Å². The van der Waals surface area contributed by atoms with Gasteiger partial charge in [0.05, 0.1) is 0 Å². The summed E-state index contributed by atoms with van der Waals surface area (Å²) in [5, 5.41) is 0. The van der Waals surface area contributed by atoms with Crippen molar-refractivity contribution in [1.82, 2.24) is 0 Å². The Balaban J connectivity index is 1.86. The van der Waals surface area contributed by atoms with Crippen molar-refractivity contribution in [2.75, 3.05) is 0 Å². The van der Waals surface area contributed by atoms with Crippen LogP contribution in [0.4, 0.5) is 4.79 Å². The SMILES string of the molecule is CCC1(CC)CC(CC)(CC)c2c1cc1c([c]2[Ge]2([c]3c4c(cc5c3C(CC)(CC)CC5(CC)CC)C(CC)(CC)CC4(CC)CC)[O]C(=O)[O]2)C(CC)(CC)CC1(CC)CC. The second-order valence-electron chi connectivity index (χ2n) is 21.9. The van der Waals surface area contributed by atoms with Crippen LogP contribution in [0.3, 0.4) is 0 Å². The Labute approximate surface area is 378 Å². The summed E-state index contributed by atoms with van der Waals surface area (Å²) >= 11 is -4.64. The van der Waals surface area contributed by atoms with Gasteiger partial charge < -0.3 is 0 Å². The van der Waals surface area contributed by atoms with E-state index in [1.165, 1.54) is 34.5 Å². The molecule has 1 fully saturated rings. The minimum absolute atomic E-state index is 0.000253. The third-order valence-electron chi connectivity index (χ3n) is 21.7. The van der Waals surface area contributed by atoms with Gasteiger partial charge in [0.1, 0.15) is 0 Å². The second kappa shape index (κ2) is 16.0. The Morgan fingerprint density at radius 3 is 0.672 bits per heavy atom. The van der Waals surface area contributed by atoms with Gasteiger partial charge in [-0.15, -0.1) is 0 Å². The summed E-state index contributed by atoms with van der Waals surface area (Å²) in [7, 11) is 0. The van der Waals surface area contributed by atoms with Crippen molar-refractivity contribution >= 4 is 28.9 Å². The zero-order valence-corrected chi connectivity index (χ0v) is 44.6. The molecule has 5 aliphatic rings. The molecule has 0 aromatic heterocycles. The van der Waals surface area contributed by atoms with Crippen molar-refractivity contribution in [2.45, 2.75) is 283 Å². The second-order valence-corrected chi connectivity index (χ2v) is 27.4. The number of benzene rings is 2. The van der Waals surface area contributed by atoms with Crippen LogP contribution >= 0.6 is 0 Å². The van der Waals surface area contributed by atoms with E-state index >= 15 is 0 Å². The predicted molar refractivity (Wildman–Crippen MR) is 262 cm³/mol. The summed E-state index contributed by atoms with van der Waals surface area (Å²) in [5.74, 6) is 0. The summed E-state index contributed by atoms with van der Waals surface area (Å²) < 4.78 is 18.2. The van der Waals surface area contributed by atoms with E-state index in [2.05, 4.69) is 123 Å². The Hall–Kier alpha value is -1.75. The molecular weight excluding hydrogens is 805 g/mol. The first-order valence-electron chi connectivity index (χ1n) is 26.5. The molecule has 4 aliphatic carbocycles. The van der Waals surface area contributed by atoms with E-state index in [4.69, 9.17) is 7.53 Å². The molecule has 2 aromatic rings. The molecule has 61 heavy (non-hydrogen) atoms. The molecule has 0 atom stereocenters. The van der Waals surface area contributed by atoms with Crippen molar-refractivity contribution in [1.29, 1.82) is 0 Å². The van der Waals surface area contributed by atoms with Crippen molar-refractivity contribution in [3.8, 4) is 0 Å². The van der Waals surface area contributed by atoms with Gasteiger partial charge in [-0.1, -0.05) is 0 Å². The molecule has 1 heterocycles. The van der Waals surface area contributed by atoms with Gasteiger partial charge in [0.2, 0.25) is 0 Å². The van der Waals surface area contributed by atoms with Gasteiger partial charge in [-0.25, -0.2) is 0 Å². The van der Waals surface area contributed by atoms with Gasteiger partial charge in [-0.2, -0.15) is 0 Å². The predicted octanol–water partition coefficient (Wildman–Crippen LogP) is 15.5. The third kappa shape index (κ3) is 5.67. The van der Waals surface area contributed by atoms with Gasteiger partial charge in [-0.05, 0) is 0 Å². The number of carbonyl (C=O) groups is 1. The van der Waals surface area contributed by atoms with E-state index in [9.17, 15) is 4.79 Å². The van der Waals surface area contributed by atoms with E-state index in [-0.39, 0.29) is 43.3 Å². The normalized spacial score (nSPS) is 24.0. The van der Waals surface area contributed by atoms with Gasteiger partial charge in [-0.3, -0.25) is 0 Å². The van der Waals surface area contributed by atoms with E-state index in [1.807, 2.05) is 0 Å². The molecule has 0 N–H and O–H groups in total. The van der Waals surface area contributed by atoms with E-state index in [0.717, 1.165) is 103 Å². The van der Waals surface area contributed by atoms with Crippen LogP contribution in [0.2, 0.25) is 0 Å². The zero-order chi connectivity index (χ0) is 44.8. The Morgan fingerprint density at radius 2 is 0.525 bits per heavy atom. The zero-order valence-electron chi connectivity index (χ0n) is 42.5. The van der Waals surface area contributed by atoms with Crippen LogP contribution in [0.15, 0.2) is 12.1 Å². The molecule has 1 aliphatic heterocycles. The third-order valence-corrected chi connectivity index (χ3v) is 28.5. The van der Waals surface area contributed by atoms with Crippen LogP contribution in [0.5, 0.6) is 0 Å². The van der Waals surface area contributed by atoms with Crippen LogP contribution in [-0.4, -0.2) is 20.1 Å². The topological polar surface area (TPSA) is 35.5 Å². The fraction of sp³-hybridized carbons (Fsp3) is 0.772. The van der Waals surface area contributed by atoms with Crippen LogP contribution < -0.4 is 8.79 Å². The van der Waals surface area contributed by atoms with Crippen LogP contribution in [-0.2, 0) is 50.8 Å². The average molecular weight is 896 g/mol. The molecule has 7 rings (SSSR count). The first-order valence-corrected chi connectivity index (χ1v) is 30.3. The molecule has 4 heteroatoms. The Kier molecular flexibility index (Phi) is 12.4. The fourth-order valence-corrected chi connectivity index (χ4v) is 25.3. The van der Waals surface area contributed by atoms with E-state index in [0.29, 0.717) is 0 Å². The minimum atomic E-state index is -4.64. The summed E-state index contributed by atoms with van der Waals surface area (Å²) in [6.45, 7) is 39.7. The molecule has 0 unspecified atom stereocenters. The van der Waals surface area contributed by atoms with Gasteiger partial charge in [0, 0.05) is 0 Å². The molecule has 0 spiro atoms. The summed E-state index contributed by atoms with van der Waals surface area (Å²) in [4.78, 5) is 14.4. The maximum absolute atomic E-state index is 14.4. The van der Waals surface area contributed by atoms with Crippen LogP contribution in [0.1, 0.15) is 284 Å². The molecule has 2 aromatic carbocycles. The quantitative estimate of drug-likeness (QED) is 0.140. The van der Waals surface area contributed by atoms with Gasteiger partial charge >= 0.3 is 380 Å². The molecule has 0 amide bonds. The molecule has 0 bridgehead atoms. The maximum atomic E-state index is 14.4. The number of hydrogen-bond acceptors (Lipinski definition) is 3. The molecule has 1 saturated heterocycles. The summed E-state index contributed by atoms with van der Waals surface area (Å²) in [6.07, 6.45) is 22.3. The number of hydrogen-bond donors (Lipinski definition) is 0. The molecule has 3 nitrogen and oxygen atoms in total. The van der Waals surface area contributed by atoms with Crippen molar-refractivity contribution in [2.24, 2.45) is 0 Å². The molecule has 340 valence electrons. The average Bonchev–Trinajstić information content (AvgIpc) is 3.97. The number of carbonyl (C=O) groups excluding carboxylic acids is 1. The summed E-state index contributed by atoms with van der Waals surface area (Å²) in [5.41, 5.74) is 13.3. The fourth-order valence-electron chi connectivity index (χ4n) is 16.7. The first kappa shape index (κ1) is 47.2. The van der Waals surface area contributed by atoms with Crippen molar-refractivity contribution in [3.63, 3.8) is 0 Å². The van der Waals surface area contributed by atoms with Crippen LogP contribution in [0.25, 0.3) is 0 Å². The van der Waals surface area contributed by atoms with E-state index in [1.54, 1.807) is 44.5 Å². The van der Waals surface area contributed by atoms with E-state index < -0.39 is 20.1 Å². The number of fused-ring (bicyclic) bond motifs is 4. The first-order chi connectivity index (χ1) is 29.1. The standard InChI is InChI=1S/C57H90GeO3/c1-17-50(18-2)35-54(25-9,26-10)43-39(50)33-40-44(55(27-11,28-12)36-51(40,19-3)20-4)47(43)58(60-49(59)61-58)48-45-41(52(21-5,22-6)37-56(45,29-13)30-14)34-42-46(48)57(31-15,32-16)38-53(42,23-7)24-8/h33-34H,17-32,35-38H2,1-16H3. The van der Waals surface area contributed by atoms with Crippen molar-refractivity contribution < 1.29 is 12.3 Å². The van der Waals surface area contributed by atoms with Crippen LogP contribution in [0, 0.1) is 0 Å². The number of rotatable bonds is 18. The Morgan fingerprint density at radius 1 is 0.344 bits per heavy atom. The van der Waals surface area contributed by atoms with Crippen molar-refractivity contribution in [3.05, 3.63) is 56.6 Å². The summed E-state index contributed by atoms with van der Waals surface area (Å²) in [6, 6.07) is 5.65. The van der Waals surface area contributed by atoms with Gasteiger partial charge in [0.25, 0.3) is 0 Å². The molecule has 0 saturated carbocycles. The monoisotopic (exact) mass is 897 g/mol. The Bertz CT molecular complexity index is 1720.